The van der Waals surface area contributed by atoms with E-state index in [0.717, 1.165) is 12.8 Å². The lowest BCUT2D eigenvalue weighted by Crippen LogP contribution is -2.34. The highest BCUT2D eigenvalue weighted by Gasteiger charge is 2.28. The molecule has 5 N–H and O–H groups in total. The van der Waals surface area contributed by atoms with Gasteiger partial charge >= 0.3 is 25.7 Å². The monoisotopic (exact) mass is 708 g/mol. The Labute approximate surface area is 285 Å². The van der Waals surface area contributed by atoms with Gasteiger partial charge in [-0.3, -0.25) is 33.0 Å². The number of esters is 2. The number of methoxy groups -OCH3 is 1. The third-order valence-electron chi connectivity index (χ3n) is 6.98. The maximum atomic E-state index is 12.7. The summed E-state index contributed by atoms with van der Waals surface area (Å²) in [5.41, 5.74) is 6.59. The number of phosphoric acid groups is 1. The number of rotatable bonds is 24. The number of aliphatic carboxylic acids is 1. The Kier molecular flexibility index (Phi) is 18.2. The van der Waals surface area contributed by atoms with Crippen molar-refractivity contribution in [2.45, 2.75) is 70.4 Å². The second-order valence-corrected chi connectivity index (χ2v) is 12.4. The van der Waals surface area contributed by atoms with Crippen LogP contribution in [0.2, 0.25) is 0 Å². The van der Waals surface area contributed by atoms with Crippen LogP contribution in [0.4, 0.5) is 0 Å². The molecule has 49 heavy (non-hydrogen) atoms. The van der Waals surface area contributed by atoms with Crippen molar-refractivity contribution in [3.63, 3.8) is 0 Å². The summed E-state index contributed by atoms with van der Waals surface area (Å²) in [4.78, 5) is 70.3. The topological polar surface area (TPSA) is 227 Å². The van der Waals surface area contributed by atoms with Crippen LogP contribution in [-0.4, -0.2) is 85.2 Å². The van der Waals surface area contributed by atoms with E-state index in [9.17, 15) is 33.4 Å². The Bertz CT molecular complexity index is 1420. The number of carbonyl (C=O) groups excluding carboxylic acids is 4. The Morgan fingerprint density at radius 3 is 1.98 bits per heavy atom. The summed E-state index contributed by atoms with van der Waals surface area (Å²) in [5, 5.41) is 11.6. The summed E-state index contributed by atoms with van der Waals surface area (Å²) in [5.74, 6) is -2.50. The lowest BCUT2D eigenvalue weighted by atomic mass is 10.0. The molecule has 1 unspecified atom stereocenters. The fourth-order valence-electron chi connectivity index (χ4n) is 4.16. The van der Waals surface area contributed by atoms with Gasteiger partial charge in [-0.15, -0.1) is 0 Å². The van der Waals surface area contributed by atoms with E-state index in [1.165, 1.54) is 0 Å². The molecule has 0 fully saturated rings. The molecule has 1 amide bonds. The number of unbranched alkanes of at least 4 members (excludes halogenated alkanes) is 4. The molecule has 0 aliphatic rings. The van der Waals surface area contributed by atoms with E-state index >= 15 is 0 Å². The molecule has 2 rings (SSSR count). The number of carboxylic acids is 1. The van der Waals surface area contributed by atoms with E-state index in [-0.39, 0.29) is 24.5 Å². The van der Waals surface area contributed by atoms with Crippen molar-refractivity contribution in [3.8, 4) is 5.75 Å². The summed E-state index contributed by atoms with van der Waals surface area (Å²) < 4.78 is 37.0. The van der Waals surface area contributed by atoms with Crippen LogP contribution in [0.3, 0.4) is 0 Å². The Hall–Kier alpha value is -4.14. The van der Waals surface area contributed by atoms with E-state index in [1.807, 2.05) is 6.92 Å². The molecular weight excluding hydrogens is 663 g/mol. The molecule has 3 atom stereocenters. The molecule has 16 heteroatoms. The fourth-order valence-corrected chi connectivity index (χ4v) is 4.93. The van der Waals surface area contributed by atoms with E-state index < -0.39 is 57.7 Å². The molecule has 2 aromatic rings. The number of ketones is 1. The van der Waals surface area contributed by atoms with Gasteiger partial charge in [-0.1, -0.05) is 38.3 Å². The van der Waals surface area contributed by atoms with Crippen molar-refractivity contribution in [1.82, 2.24) is 5.32 Å². The first-order valence-electron chi connectivity index (χ1n) is 15.9. The third-order valence-corrected chi connectivity index (χ3v) is 7.93. The van der Waals surface area contributed by atoms with Gasteiger partial charge in [-0.2, -0.15) is 0 Å². The number of benzene rings is 2. The number of hydrogen-bond acceptors (Lipinski definition) is 12. The predicted molar refractivity (Wildman–Crippen MR) is 176 cm³/mol. The summed E-state index contributed by atoms with van der Waals surface area (Å²) in [6.07, 6.45) is 2.74. The standard InChI is InChI=1S/C33H45N2O13P/c1-3-4-6-10-30(37)48-27(21-46-49(42,43)47-22-28(34)33(40)41)20-45-29(36)9-7-5-8-19-35-32(39)25-13-11-23(12-14-25)31(38)24-15-17-26(44-2)18-16-24/h11-18,27-28H,3-10,19-22,34H2,1-2H3,(H,35,39)(H,40,41)(H,42,43)/t27-,28+/m1/s1. The van der Waals surface area contributed by atoms with Crippen LogP contribution in [0.1, 0.15) is 84.6 Å². The van der Waals surface area contributed by atoms with Crippen LogP contribution >= 0.6 is 7.82 Å². The SMILES string of the molecule is CCCCCC(=O)O[C@H](COC(=O)CCCCCNC(=O)c1ccc(C(=O)c2ccc(OC)cc2)cc1)COP(=O)(O)OC[C@H](N)C(=O)O. The molecule has 0 aliphatic heterocycles. The van der Waals surface area contributed by atoms with E-state index in [0.29, 0.717) is 54.7 Å². The van der Waals surface area contributed by atoms with Crippen molar-refractivity contribution < 1.29 is 61.8 Å². The zero-order valence-corrected chi connectivity index (χ0v) is 28.6. The molecule has 0 saturated carbocycles. The Morgan fingerprint density at radius 1 is 0.796 bits per heavy atom. The highest BCUT2D eigenvalue weighted by atomic mass is 31.2. The maximum Gasteiger partial charge on any atom is 0.472 e. The summed E-state index contributed by atoms with van der Waals surface area (Å²) in [6.45, 7) is 0.403. The average molecular weight is 709 g/mol. The Balaban J connectivity index is 1.73. The van der Waals surface area contributed by atoms with Crippen LogP contribution in [0.25, 0.3) is 0 Å². The fraction of sp³-hybridized carbons (Fsp3) is 0.485. The highest BCUT2D eigenvalue weighted by molar-refractivity contribution is 7.47. The number of amides is 1. The third kappa shape index (κ3) is 16.2. The minimum atomic E-state index is -4.75. The molecule has 0 aromatic heterocycles. The van der Waals surface area contributed by atoms with Crippen LogP contribution < -0.4 is 15.8 Å². The van der Waals surface area contributed by atoms with Gasteiger partial charge in [0.05, 0.1) is 20.3 Å². The van der Waals surface area contributed by atoms with Crippen molar-refractivity contribution in [3.05, 3.63) is 65.2 Å². The summed E-state index contributed by atoms with van der Waals surface area (Å²) in [7, 11) is -3.21. The number of carbonyl (C=O) groups is 5. The zero-order valence-electron chi connectivity index (χ0n) is 27.7. The van der Waals surface area contributed by atoms with Gasteiger partial charge in [-0.25, -0.2) is 4.57 Å². The lowest BCUT2D eigenvalue weighted by molar-refractivity contribution is -0.161. The molecule has 0 bridgehead atoms. The summed E-state index contributed by atoms with van der Waals surface area (Å²) >= 11 is 0. The van der Waals surface area contributed by atoms with Crippen LogP contribution in [-0.2, 0) is 37.5 Å². The lowest BCUT2D eigenvalue weighted by Gasteiger charge is -2.20. The molecule has 0 radical (unpaired) electrons. The quantitative estimate of drug-likeness (QED) is 0.0527. The number of nitrogens with two attached hydrogens (primary N) is 1. The number of ether oxygens (including phenoxy) is 3. The molecule has 0 heterocycles. The van der Waals surface area contributed by atoms with Crippen LogP contribution in [0.5, 0.6) is 5.75 Å². The first-order chi connectivity index (χ1) is 23.3. The van der Waals surface area contributed by atoms with Crippen molar-refractivity contribution in [2.24, 2.45) is 5.73 Å². The van der Waals surface area contributed by atoms with E-state index in [1.54, 1.807) is 55.6 Å². The van der Waals surface area contributed by atoms with Gasteiger partial charge in [0.1, 0.15) is 18.4 Å². The molecule has 0 aliphatic carbocycles. The molecule has 270 valence electrons. The van der Waals surface area contributed by atoms with Gasteiger partial charge in [-0.05, 0) is 55.7 Å². The smallest absolute Gasteiger partial charge is 0.472 e. The molecule has 2 aromatic carbocycles. The van der Waals surface area contributed by atoms with Crippen molar-refractivity contribution >= 4 is 37.4 Å². The second-order valence-electron chi connectivity index (χ2n) is 11.0. The first-order valence-corrected chi connectivity index (χ1v) is 17.4. The molecular formula is C33H45N2O13P. The van der Waals surface area contributed by atoms with Crippen LogP contribution in [0.15, 0.2) is 48.5 Å². The number of carboxylic acid groups (broad SMARTS) is 1. The van der Waals surface area contributed by atoms with E-state index in [2.05, 4.69) is 9.84 Å². The minimum Gasteiger partial charge on any atom is -0.497 e. The maximum absolute atomic E-state index is 12.7. The average Bonchev–Trinajstić information content (AvgIpc) is 3.09. The zero-order chi connectivity index (χ0) is 36.2. The molecule has 15 nitrogen and oxygen atoms in total. The largest absolute Gasteiger partial charge is 0.497 e. The number of phosphoric ester groups is 1. The second kappa shape index (κ2) is 21.8. The molecule has 0 saturated heterocycles. The number of nitrogens with one attached hydrogen (secondary N) is 1. The minimum absolute atomic E-state index is 0.0321. The normalized spacial score (nSPS) is 13.4. The predicted octanol–water partition coefficient (Wildman–Crippen LogP) is 3.80. The first kappa shape index (κ1) is 41.0. The van der Waals surface area contributed by atoms with Gasteiger partial charge in [0, 0.05) is 36.1 Å². The van der Waals surface area contributed by atoms with Crippen molar-refractivity contribution in [1.29, 1.82) is 0 Å². The van der Waals surface area contributed by atoms with Gasteiger partial charge in [0.2, 0.25) is 0 Å². The van der Waals surface area contributed by atoms with E-state index in [4.69, 9.17) is 29.6 Å². The van der Waals surface area contributed by atoms with Gasteiger partial charge < -0.3 is 35.3 Å². The van der Waals surface area contributed by atoms with Gasteiger partial charge in [0.15, 0.2) is 11.9 Å². The van der Waals surface area contributed by atoms with Crippen molar-refractivity contribution in [2.75, 3.05) is 33.5 Å². The van der Waals surface area contributed by atoms with Crippen LogP contribution in [0, 0.1) is 0 Å². The molecule has 0 spiro atoms. The Morgan fingerprint density at radius 2 is 1.37 bits per heavy atom. The van der Waals surface area contributed by atoms with Gasteiger partial charge in [0.25, 0.3) is 5.91 Å². The summed E-state index contributed by atoms with van der Waals surface area (Å²) in [6, 6.07) is 11.5. The highest BCUT2D eigenvalue weighted by Crippen LogP contribution is 2.43. The number of hydrogen-bond donors (Lipinski definition) is 4.